The minimum atomic E-state index is -0.245. The molecule has 1 aliphatic heterocycles. The zero-order chi connectivity index (χ0) is 17.3. The van der Waals surface area contributed by atoms with E-state index in [2.05, 4.69) is 10.6 Å². The van der Waals surface area contributed by atoms with Crippen LogP contribution in [0.4, 0.5) is 10.5 Å². The van der Waals surface area contributed by atoms with E-state index in [1.54, 1.807) is 24.3 Å². The molecule has 0 spiro atoms. The fourth-order valence-corrected chi connectivity index (χ4v) is 3.78. The maximum absolute atomic E-state index is 12.6. The van der Waals surface area contributed by atoms with Gasteiger partial charge >= 0.3 is 6.03 Å². The maximum atomic E-state index is 12.6. The van der Waals surface area contributed by atoms with Crippen LogP contribution in [0.15, 0.2) is 24.3 Å². The highest BCUT2D eigenvalue weighted by Crippen LogP contribution is 2.37. The minimum Gasteiger partial charge on any atom is -0.338 e. The van der Waals surface area contributed by atoms with Crippen molar-refractivity contribution in [3.8, 4) is 0 Å². The normalized spacial score (nSPS) is 25.7. The Hall–Kier alpha value is -2.08. The summed E-state index contributed by atoms with van der Waals surface area (Å²) < 4.78 is 0. The number of nitrogens with zero attached hydrogens (tertiary/aromatic N) is 1. The maximum Gasteiger partial charge on any atom is 0.319 e. The Bertz CT molecular complexity index is 614. The number of nitrogens with one attached hydrogen (secondary N) is 2. The number of benzene rings is 1. The van der Waals surface area contributed by atoms with Crippen LogP contribution in [0.1, 0.15) is 37.0 Å². The number of hydrogen-bond donors (Lipinski definition) is 3. The molecule has 0 aromatic heterocycles. The SMILES string of the molecule is CC(C)NC(=O)Nc1ccc(C(=O)N2CC3CCC(N)C3C2)cc1. The number of nitrogens with two attached hydrogens (primary N) is 1. The number of carbonyl (C=O) groups excluding carboxylic acids is 2. The highest BCUT2D eigenvalue weighted by atomic mass is 16.2. The van der Waals surface area contributed by atoms with E-state index in [1.807, 2.05) is 18.7 Å². The van der Waals surface area contributed by atoms with Gasteiger partial charge in [0, 0.05) is 36.4 Å². The molecular weight excluding hydrogens is 304 g/mol. The molecule has 4 N–H and O–H groups in total. The molecule has 3 atom stereocenters. The zero-order valence-corrected chi connectivity index (χ0v) is 14.3. The van der Waals surface area contributed by atoms with E-state index in [0.29, 0.717) is 23.1 Å². The lowest BCUT2D eigenvalue weighted by atomic mass is 9.98. The number of rotatable bonds is 3. The van der Waals surface area contributed by atoms with Crippen molar-refractivity contribution in [1.29, 1.82) is 0 Å². The minimum absolute atomic E-state index is 0.0507. The molecule has 1 saturated heterocycles. The van der Waals surface area contributed by atoms with Crippen LogP contribution in [-0.2, 0) is 0 Å². The van der Waals surface area contributed by atoms with Gasteiger partial charge in [0.15, 0.2) is 0 Å². The molecule has 2 fully saturated rings. The molecule has 24 heavy (non-hydrogen) atoms. The standard InChI is InChI=1S/C18H26N4O2/c1-11(2)20-18(24)21-14-6-3-12(4-7-14)17(23)22-9-13-5-8-16(19)15(13)10-22/h3-4,6-7,11,13,15-16H,5,8-10,19H2,1-2H3,(H2,20,21,24). The number of fused-ring (bicyclic) bond motifs is 1. The summed E-state index contributed by atoms with van der Waals surface area (Å²) >= 11 is 0. The number of anilines is 1. The van der Waals surface area contributed by atoms with Crippen molar-refractivity contribution in [2.24, 2.45) is 17.6 Å². The van der Waals surface area contributed by atoms with Gasteiger partial charge in [-0.05, 0) is 62.8 Å². The van der Waals surface area contributed by atoms with Crippen LogP contribution in [0.3, 0.4) is 0 Å². The Balaban J connectivity index is 1.59. The van der Waals surface area contributed by atoms with Crippen LogP contribution in [0, 0.1) is 11.8 Å². The van der Waals surface area contributed by atoms with E-state index >= 15 is 0 Å². The highest BCUT2D eigenvalue weighted by molar-refractivity contribution is 5.95. The Morgan fingerprint density at radius 2 is 1.88 bits per heavy atom. The number of amides is 3. The molecule has 3 unspecified atom stereocenters. The van der Waals surface area contributed by atoms with E-state index in [4.69, 9.17) is 5.73 Å². The van der Waals surface area contributed by atoms with Crippen LogP contribution < -0.4 is 16.4 Å². The third kappa shape index (κ3) is 3.53. The summed E-state index contributed by atoms with van der Waals surface area (Å²) in [5, 5.41) is 5.52. The van der Waals surface area contributed by atoms with Crippen molar-refractivity contribution in [2.45, 2.75) is 38.8 Å². The lowest BCUT2D eigenvalue weighted by Gasteiger charge is -2.19. The van der Waals surface area contributed by atoms with Gasteiger partial charge in [-0.2, -0.15) is 0 Å². The average Bonchev–Trinajstić information content (AvgIpc) is 3.09. The van der Waals surface area contributed by atoms with Gasteiger partial charge in [-0.3, -0.25) is 4.79 Å². The molecule has 1 aromatic rings. The molecule has 2 aliphatic rings. The zero-order valence-electron chi connectivity index (χ0n) is 14.3. The molecule has 130 valence electrons. The first kappa shape index (κ1) is 16.8. The lowest BCUT2D eigenvalue weighted by Crippen LogP contribution is -2.34. The smallest absolute Gasteiger partial charge is 0.319 e. The summed E-state index contributed by atoms with van der Waals surface area (Å²) in [5.74, 6) is 1.06. The summed E-state index contributed by atoms with van der Waals surface area (Å²) in [5.41, 5.74) is 7.46. The van der Waals surface area contributed by atoms with Crippen LogP contribution in [0.2, 0.25) is 0 Å². The second-order valence-electron chi connectivity index (χ2n) is 7.21. The van der Waals surface area contributed by atoms with E-state index in [-0.39, 0.29) is 24.0 Å². The van der Waals surface area contributed by atoms with E-state index in [9.17, 15) is 9.59 Å². The largest absolute Gasteiger partial charge is 0.338 e. The summed E-state index contributed by atoms with van der Waals surface area (Å²) in [7, 11) is 0. The molecule has 1 heterocycles. The molecule has 1 aliphatic carbocycles. The topological polar surface area (TPSA) is 87.5 Å². The van der Waals surface area contributed by atoms with Gasteiger partial charge in [0.25, 0.3) is 5.91 Å². The van der Waals surface area contributed by atoms with Crippen LogP contribution in [-0.4, -0.2) is 42.0 Å². The van der Waals surface area contributed by atoms with Crippen molar-refractivity contribution in [2.75, 3.05) is 18.4 Å². The van der Waals surface area contributed by atoms with Gasteiger partial charge in [-0.1, -0.05) is 0 Å². The van der Waals surface area contributed by atoms with Crippen LogP contribution >= 0.6 is 0 Å². The summed E-state index contributed by atoms with van der Waals surface area (Å²) in [6, 6.07) is 7.12. The number of likely N-dealkylation sites (tertiary alicyclic amines) is 1. The predicted octanol–water partition coefficient (Wildman–Crippen LogP) is 2.03. The molecule has 6 nitrogen and oxygen atoms in total. The van der Waals surface area contributed by atoms with Gasteiger partial charge in [-0.25, -0.2) is 4.79 Å². The fraction of sp³-hybridized carbons (Fsp3) is 0.556. The quantitative estimate of drug-likeness (QED) is 0.792. The van der Waals surface area contributed by atoms with E-state index in [1.165, 1.54) is 0 Å². The Morgan fingerprint density at radius 1 is 1.17 bits per heavy atom. The van der Waals surface area contributed by atoms with Gasteiger partial charge in [0.1, 0.15) is 0 Å². The van der Waals surface area contributed by atoms with E-state index < -0.39 is 0 Å². The van der Waals surface area contributed by atoms with Gasteiger partial charge in [0.05, 0.1) is 0 Å². The first-order valence-corrected chi connectivity index (χ1v) is 8.66. The molecule has 1 aromatic carbocycles. The van der Waals surface area contributed by atoms with Crippen molar-refractivity contribution < 1.29 is 9.59 Å². The third-order valence-electron chi connectivity index (χ3n) is 5.01. The monoisotopic (exact) mass is 330 g/mol. The third-order valence-corrected chi connectivity index (χ3v) is 5.01. The fourth-order valence-electron chi connectivity index (χ4n) is 3.78. The Kier molecular flexibility index (Phi) is 4.76. The van der Waals surface area contributed by atoms with Crippen molar-refractivity contribution in [3.05, 3.63) is 29.8 Å². The second-order valence-corrected chi connectivity index (χ2v) is 7.21. The first-order chi connectivity index (χ1) is 11.4. The highest BCUT2D eigenvalue weighted by Gasteiger charge is 2.42. The summed E-state index contributed by atoms with van der Waals surface area (Å²) in [6.45, 7) is 5.38. The van der Waals surface area contributed by atoms with Crippen molar-refractivity contribution in [3.63, 3.8) is 0 Å². The van der Waals surface area contributed by atoms with Gasteiger partial charge in [-0.15, -0.1) is 0 Å². The van der Waals surface area contributed by atoms with Gasteiger partial charge < -0.3 is 21.3 Å². The van der Waals surface area contributed by atoms with E-state index in [0.717, 1.165) is 25.9 Å². The summed E-state index contributed by atoms with van der Waals surface area (Å²) in [6.07, 6.45) is 2.21. The second kappa shape index (κ2) is 6.81. The molecule has 0 bridgehead atoms. The molecule has 6 heteroatoms. The molecular formula is C18H26N4O2. The van der Waals surface area contributed by atoms with Gasteiger partial charge in [0.2, 0.25) is 0 Å². The van der Waals surface area contributed by atoms with Crippen molar-refractivity contribution >= 4 is 17.6 Å². The molecule has 1 saturated carbocycles. The molecule has 0 radical (unpaired) electrons. The van der Waals surface area contributed by atoms with Crippen molar-refractivity contribution in [1.82, 2.24) is 10.2 Å². The van der Waals surface area contributed by atoms with Crippen LogP contribution in [0.25, 0.3) is 0 Å². The average molecular weight is 330 g/mol. The Morgan fingerprint density at radius 3 is 2.50 bits per heavy atom. The number of hydrogen-bond acceptors (Lipinski definition) is 3. The molecule has 3 amide bonds. The Labute approximate surface area is 142 Å². The first-order valence-electron chi connectivity index (χ1n) is 8.66. The lowest BCUT2D eigenvalue weighted by molar-refractivity contribution is 0.0779. The summed E-state index contributed by atoms with van der Waals surface area (Å²) in [4.78, 5) is 26.3. The number of carbonyl (C=O) groups is 2. The number of urea groups is 1. The molecule has 3 rings (SSSR count). The van der Waals surface area contributed by atoms with Crippen LogP contribution in [0.5, 0.6) is 0 Å². The predicted molar refractivity (Wildman–Crippen MR) is 93.8 cm³/mol.